The van der Waals surface area contributed by atoms with E-state index in [2.05, 4.69) is 5.16 Å². The molecule has 0 N–H and O–H groups in total. The highest BCUT2D eigenvalue weighted by Gasteiger charge is 2.42. The number of hydrogen-bond donors (Lipinski definition) is 0. The van der Waals surface area contributed by atoms with E-state index in [4.69, 9.17) is 4.52 Å². The number of aromatic nitrogens is 1. The standard InChI is InChI=1S/C21H25N3O3/c1-13-5-4-6-16(9-13)20(25)23-10-17-7-8-18(11-23)24(21(17)26)12-19-14(2)22-27-15(19)3/h4-6,9,17-18H,7-8,10-12H2,1-3H3/t17-,18+/m0/s1. The molecule has 3 aliphatic rings. The van der Waals surface area contributed by atoms with Gasteiger partial charge in [-0.05, 0) is 45.7 Å². The summed E-state index contributed by atoms with van der Waals surface area (Å²) in [4.78, 5) is 29.9. The highest BCUT2D eigenvalue weighted by molar-refractivity contribution is 5.95. The SMILES string of the molecule is Cc1cccc(C(=O)N2C[C@@H]3CC[C@H](C2)N(Cc2c(C)noc2C)C3=O)c1. The van der Waals surface area contributed by atoms with Gasteiger partial charge in [-0.3, -0.25) is 9.59 Å². The molecule has 27 heavy (non-hydrogen) atoms. The quantitative estimate of drug-likeness (QED) is 0.837. The molecule has 6 heteroatoms. The maximum atomic E-state index is 13.1. The zero-order chi connectivity index (χ0) is 19.1. The summed E-state index contributed by atoms with van der Waals surface area (Å²) in [6, 6.07) is 7.70. The third kappa shape index (κ3) is 3.24. The first-order valence-electron chi connectivity index (χ1n) is 9.52. The second-order valence-corrected chi connectivity index (χ2v) is 7.78. The van der Waals surface area contributed by atoms with Crippen molar-refractivity contribution in [2.75, 3.05) is 13.1 Å². The normalized spacial score (nSPS) is 22.3. The molecule has 2 amide bonds. The van der Waals surface area contributed by atoms with E-state index in [0.29, 0.717) is 25.2 Å². The van der Waals surface area contributed by atoms with Crippen LogP contribution in [-0.2, 0) is 11.3 Å². The number of carbonyl (C=O) groups is 2. The van der Waals surface area contributed by atoms with Gasteiger partial charge in [-0.1, -0.05) is 22.9 Å². The zero-order valence-electron chi connectivity index (χ0n) is 16.1. The number of amides is 2. The molecule has 1 aromatic carbocycles. The first kappa shape index (κ1) is 17.8. The Bertz CT molecular complexity index is 869. The Hall–Kier alpha value is -2.63. The van der Waals surface area contributed by atoms with Crippen molar-refractivity contribution in [2.24, 2.45) is 5.92 Å². The van der Waals surface area contributed by atoms with Crippen LogP contribution in [0.2, 0.25) is 0 Å². The van der Waals surface area contributed by atoms with Crippen LogP contribution in [0.15, 0.2) is 28.8 Å². The molecule has 2 atom stereocenters. The van der Waals surface area contributed by atoms with Gasteiger partial charge in [0.2, 0.25) is 5.91 Å². The highest BCUT2D eigenvalue weighted by Crippen LogP contribution is 2.32. The van der Waals surface area contributed by atoms with E-state index in [-0.39, 0.29) is 23.8 Å². The molecule has 3 aliphatic heterocycles. The van der Waals surface area contributed by atoms with Crippen molar-refractivity contribution in [1.29, 1.82) is 0 Å². The van der Waals surface area contributed by atoms with Crippen LogP contribution < -0.4 is 0 Å². The zero-order valence-corrected chi connectivity index (χ0v) is 16.1. The molecule has 0 spiro atoms. The van der Waals surface area contributed by atoms with Crippen LogP contribution in [0.25, 0.3) is 0 Å². The molecule has 6 nitrogen and oxygen atoms in total. The number of piperidine rings is 1. The number of benzene rings is 1. The first-order valence-corrected chi connectivity index (χ1v) is 9.52. The van der Waals surface area contributed by atoms with Crippen LogP contribution in [0.5, 0.6) is 0 Å². The van der Waals surface area contributed by atoms with Crippen LogP contribution in [0.1, 0.15) is 45.8 Å². The minimum absolute atomic E-state index is 0.0163. The van der Waals surface area contributed by atoms with E-state index in [1.165, 1.54) is 0 Å². The van der Waals surface area contributed by atoms with E-state index in [1.807, 2.05) is 54.8 Å². The lowest BCUT2D eigenvalue weighted by Gasteiger charge is -2.35. The summed E-state index contributed by atoms with van der Waals surface area (Å²) in [6.45, 7) is 7.35. The lowest BCUT2D eigenvalue weighted by Crippen LogP contribution is -2.47. The Morgan fingerprint density at radius 3 is 2.74 bits per heavy atom. The van der Waals surface area contributed by atoms with E-state index < -0.39 is 0 Å². The summed E-state index contributed by atoms with van der Waals surface area (Å²) in [5.41, 5.74) is 3.57. The fraction of sp³-hybridized carbons (Fsp3) is 0.476. The second-order valence-electron chi connectivity index (χ2n) is 7.78. The van der Waals surface area contributed by atoms with E-state index in [9.17, 15) is 9.59 Å². The van der Waals surface area contributed by atoms with Gasteiger partial charge < -0.3 is 14.3 Å². The molecule has 142 valence electrons. The summed E-state index contributed by atoms with van der Waals surface area (Å²) in [5.74, 6) is 0.791. The Labute approximate surface area is 159 Å². The molecule has 1 aromatic heterocycles. The van der Waals surface area contributed by atoms with Gasteiger partial charge in [-0.15, -0.1) is 0 Å². The Balaban J connectivity index is 1.58. The predicted octanol–water partition coefficient (Wildman–Crippen LogP) is 2.86. The molecule has 0 saturated carbocycles. The lowest BCUT2D eigenvalue weighted by molar-refractivity contribution is -0.140. The van der Waals surface area contributed by atoms with Crippen LogP contribution in [0, 0.1) is 26.7 Å². The van der Waals surface area contributed by atoms with Gasteiger partial charge in [0, 0.05) is 30.3 Å². The minimum atomic E-state index is -0.127. The third-order valence-corrected chi connectivity index (χ3v) is 5.86. The summed E-state index contributed by atoms with van der Waals surface area (Å²) >= 11 is 0. The second kappa shape index (κ2) is 6.83. The van der Waals surface area contributed by atoms with Gasteiger partial charge in [0.1, 0.15) is 5.76 Å². The van der Waals surface area contributed by atoms with Gasteiger partial charge in [-0.2, -0.15) is 0 Å². The van der Waals surface area contributed by atoms with Gasteiger partial charge in [-0.25, -0.2) is 0 Å². The number of nitrogens with zero attached hydrogens (tertiary/aromatic N) is 3. The average Bonchev–Trinajstić information content (AvgIpc) is 2.82. The largest absolute Gasteiger partial charge is 0.361 e. The molecule has 2 aromatic rings. The molecule has 2 bridgehead atoms. The van der Waals surface area contributed by atoms with Gasteiger partial charge in [0.15, 0.2) is 0 Å². The number of fused-ring (bicyclic) bond motifs is 4. The van der Waals surface area contributed by atoms with Crippen LogP contribution >= 0.6 is 0 Å². The number of rotatable bonds is 3. The Morgan fingerprint density at radius 1 is 1.22 bits per heavy atom. The van der Waals surface area contributed by atoms with Crippen molar-refractivity contribution in [1.82, 2.24) is 15.0 Å². The Morgan fingerprint density at radius 2 is 2.04 bits per heavy atom. The minimum Gasteiger partial charge on any atom is -0.361 e. The lowest BCUT2D eigenvalue weighted by atomic mass is 9.93. The van der Waals surface area contributed by atoms with Crippen molar-refractivity contribution >= 4 is 11.8 Å². The maximum Gasteiger partial charge on any atom is 0.253 e. The van der Waals surface area contributed by atoms with Crippen molar-refractivity contribution in [3.8, 4) is 0 Å². The molecule has 0 aliphatic carbocycles. The molecule has 5 rings (SSSR count). The summed E-state index contributed by atoms with van der Waals surface area (Å²) in [5, 5.41) is 4.01. The smallest absolute Gasteiger partial charge is 0.253 e. The van der Waals surface area contributed by atoms with Crippen molar-refractivity contribution < 1.29 is 14.1 Å². The fourth-order valence-corrected chi connectivity index (χ4v) is 4.27. The summed E-state index contributed by atoms with van der Waals surface area (Å²) in [6.07, 6.45) is 1.77. The van der Waals surface area contributed by atoms with E-state index in [0.717, 1.165) is 35.4 Å². The molecular formula is C21H25N3O3. The molecule has 0 unspecified atom stereocenters. The number of hydrogen-bond acceptors (Lipinski definition) is 4. The van der Waals surface area contributed by atoms with Crippen LogP contribution in [0.3, 0.4) is 0 Å². The Kier molecular flexibility index (Phi) is 4.50. The van der Waals surface area contributed by atoms with Crippen molar-refractivity contribution in [3.63, 3.8) is 0 Å². The van der Waals surface area contributed by atoms with E-state index >= 15 is 0 Å². The molecule has 3 fully saturated rings. The van der Waals surface area contributed by atoms with Gasteiger partial charge in [0.05, 0.1) is 18.2 Å². The molecular weight excluding hydrogens is 342 g/mol. The highest BCUT2D eigenvalue weighted by atomic mass is 16.5. The molecule has 3 saturated heterocycles. The predicted molar refractivity (Wildman–Crippen MR) is 100 cm³/mol. The third-order valence-electron chi connectivity index (χ3n) is 5.86. The van der Waals surface area contributed by atoms with Gasteiger partial charge >= 0.3 is 0 Å². The topological polar surface area (TPSA) is 66.7 Å². The maximum absolute atomic E-state index is 13.1. The average molecular weight is 367 g/mol. The summed E-state index contributed by atoms with van der Waals surface area (Å²) < 4.78 is 5.26. The van der Waals surface area contributed by atoms with Crippen molar-refractivity contribution in [3.05, 3.63) is 52.4 Å². The van der Waals surface area contributed by atoms with E-state index in [1.54, 1.807) is 0 Å². The number of aryl methyl sites for hydroxylation is 3. The molecule has 0 radical (unpaired) electrons. The first-order chi connectivity index (χ1) is 12.9. The summed E-state index contributed by atoms with van der Waals surface area (Å²) in [7, 11) is 0. The van der Waals surface area contributed by atoms with Crippen LogP contribution in [0.4, 0.5) is 0 Å². The fourth-order valence-electron chi connectivity index (χ4n) is 4.27. The van der Waals surface area contributed by atoms with Crippen molar-refractivity contribution in [2.45, 2.75) is 46.2 Å². The monoisotopic (exact) mass is 367 g/mol. The van der Waals surface area contributed by atoms with Gasteiger partial charge in [0.25, 0.3) is 5.91 Å². The number of carbonyl (C=O) groups excluding carboxylic acids is 2. The van der Waals surface area contributed by atoms with Crippen LogP contribution in [-0.4, -0.2) is 45.9 Å². The molecule has 4 heterocycles.